The molecule has 0 heterocycles. The van der Waals surface area contributed by atoms with E-state index < -0.39 is 8.80 Å². The van der Waals surface area contributed by atoms with Crippen molar-refractivity contribution < 1.29 is 13.3 Å². The molecular formula is C12H27NO3Si. The summed E-state index contributed by atoms with van der Waals surface area (Å²) in [6, 6.07) is 0.787. The van der Waals surface area contributed by atoms with E-state index in [0.717, 1.165) is 19.0 Å². The quantitative estimate of drug-likeness (QED) is 0.326. The summed E-state index contributed by atoms with van der Waals surface area (Å²) in [6.45, 7) is 3.15. The summed E-state index contributed by atoms with van der Waals surface area (Å²) in [5, 5.41) is 0. The molecule has 0 atom stereocenters. The molecule has 0 aliphatic carbocycles. The summed E-state index contributed by atoms with van der Waals surface area (Å²) in [5.74, 6) is 0. The largest absolute Gasteiger partial charge is 0.500 e. The Morgan fingerprint density at radius 2 is 1.65 bits per heavy atom. The lowest BCUT2D eigenvalue weighted by molar-refractivity contribution is 0.124. The van der Waals surface area contributed by atoms with Gasteiger partial charge >= 0.3 is 8.80 Å². The Morgan fingerprint density at radius 3 is 2.18 bits per heavy atom. The molecule has 0 radical (unpaired) electrons. The van der Waals surface area contributed by atoms with Crippen molar-refractivity contribution >= 4 is 15.0 Å². The van der Waals surface area contributed by atoms with Crippen molar-refractivity contribution in [2.75, 3.05) is 27.9 Å². The van der Waals surface area contributed by atoms with Crippen LogP contribution < -0.4 is 0 Å². The van der Waals surface area contributed by atoms with Crippen molar-refractivity contribution in [1.82, 2.24) is 0 Å². The molecule has 0 aliphatic heterocycles. The number of rotatable bonds is 11. The van der Waals surface area contributed by atoms with Gasteiger partial charge in [0.25, 0.3) is 0 Å². The maximum absolute atomic E-state index is 5.33. The van der Waals surface area contributed by atoms with E-state index in [4.69, 9.17) is 13.3 Å². The number of aliphatic imine (C=N–C) groups is 1. The molecule has 0 spiro atoms. The fraction of sp³-hybridized carbons (Fsp3) is 0.917. The minimum absolute atomic E-state index is 0.787. The standard InChI is InChI=1S/C12H27NO3Si/c1-5-6-7-8-10-13-11-9-12-17(14-2,15-3)16-4/h11H,5-10,12H2,1-4H3. The molecule has 102 valence electrons. The summed E-state index contributed by atoms with van der Waals surface area (Å²) in [7, 11) is 2.53. The van der Waals surface area contributed by atoms with Crippen LogP contribution in [-0.2, 0) is 13.3 Å². The monoisotopic (exact) mass is 261 g/mol. The molecule has 0 saturated carbocycles. The van der Waals surface area contributed by atoms with Crippen LogP contribution in [0.4, 0.5) is 0 Å². The first kappa shape index (κ1) is 16.8. The Bertz CT molecular complexity index is 188. The molecule has 0 fully saturated rings. The van der Waals surface area contributed by atoms with E-state index in [2.05, 4.69) is 11.9 Å². The number of hydrogen-bond donors (Lipinski definition) is 0. The molecule has 17 heavy (non-hydrogen) atoms. The first-order valence-corrected chi connectivity index (χ1v) is 8.31. The van der Waals surface area contributed by atoms with E-state index >= 15 is 0 Å². The third-order valence-electron chi connectivity index (χ3n) is 2.78. The molecule has 4 nitrogen and oxygen atoms in total. The van der Waals surface area contributed by atoms with E-state index in [-0.39, 0.29) is 0 Å². The molecular weight excluding hydrogens is 234 g/mol. The number of unbranched alkanes of at least 4 members (excludes halogenated alkanes) is 3. The van der Waals surface area contributed by atoms with Gasteiger partial charge in [-0.3, -0.25) is 4.99 Å². The fourth-order valence-electron chi connectivity index (χ4n) is 1.61. The molecule has 0 aromatic carbocycles. The summed E-state index contributed by atoms with van der Waals surface area (Å²) in [6.07, 6.45) is 7.86. The number of hydrogen-bond acceptors (Lipinski definition) is 4. The average molecular weight is 261 g/mol. The van der Waals surface area contributed by atoms with Gasteiger partial charge in [-0.1, -0.05) is 26.2 Å². The molecule has 0 N–H and O–H groups in total. The Morgan fingerprint density at radius 1 is 1.00 bits per heavy atom. The van der Waals surface area contributed by atoms with Crippen molar-refractivity contribution in [2.45, 2.75) is 45.1 Å². The first-order valence-electron chi connectivity index (χ1n) is 6.38. The van der Waals surface area contributed by atoms with E-state index in [0.29, 0.717) is 0 Å². The third-order valence-corrected chi connectivity index (χ3v) is 5.55. The zero-order chi connectivity index (χ0) is 13.0. The lowest BCUT2D eigenvalue weighted by Crippen LogP contribution is -2.42. The van der Waals surface area contributed by atoms with Crippen molar-refractivity contribution in [2.24, 2.45) is 4.99 Å². The van der Waals surface area contributed by atoms with Crippen LogP contribution in [0.5, 0.6) is 0 Å². The molecule has 0 aromatic heterocycles. The summed E-state index contributed by atoms with van der Waals surface area (Å²) < 4.78 is 16.0. The van der Waals surface area contributed by atoms with E-state index in [9.17, 15) is 0 Å². The minimum atomic E-state index is -2.39. The molecule has 0 amide bonds. The van der Waals surface area contributed by atoms with Gasteiger partial charge in [0, 0.05) is 33.9 Å². The lowest BCUT2D eigenvalue weighted by Gasteiger charge is -2.23. The molecule has 0 saturated heterocycles. The van der Waals surface area contributed by atoms with Crippen LogP contribution in [0.2, 0.25) is 6.04 Å². The second-order valence-electron chi connectivity index (χ2n) is 3.98. The topological polar surface area (TPSA) is 40.0 Å². The van der Waals surface area contributed by atoms with Crippen LogP contribution in [-0.4, -0.2) is 42.9 Å². The molecule has 0 rings (SSSR count). The normalized spacial score (nSPS) is 12.5. The Hall–Kier alpha value is -0.233. The van der Waals surface area contributed by atoms with E-state index in [1.54, 1.807) is 21.3 Å². The van der Waals surface area contributed by atoms with Crippen LogP contribution in [0.3, 0.4) is 0 Å². The zero-order valence-electron chi connectivity index (χ0n) is 11.7. The van der Waals surface area contributed by atoms with Crippen molar-refractivity contribution in [3.05, 3.63) is 0 Å². The van der Waals surface area contributed by atoms with Crippen LogP contribution in [0.25, 0.3) is 0 Å². The van der Waals surface area contributed by atoms with Crippen LogP contribution in [0.1, 0.15) is 39.0 Å². The summed E-state index contributed by atoms with van der Waals surface area (Å²) in [4.78, 5) is 4.38. The highest BCUT2D eigenvalue weighted by Crippen LogP contribution is 2.13. The Balaban J connectivity index is 3.63. The average Bonchev–Trinajstić information content (AvgIpc) is 2.38. The highest BCUT2D eigenvalue weighted by Gasteiger charge is 2.36. The Labute approximate surface area is 107 Å². The Kier molecular flexibility index (Phi) is 10.7. The highest BCUT2D eigenvalue weighted by atomic mass is 28.4. The van der Waals surface area contributed by atoms with E-state index in [1.807, 2.05) is 6.21 Å². The van der Waals surface area contributed by atoms with Gasteiger partial charge in [0.1, 0.15) is 0 Å². The minimum Gasteiger partial charge on any atom is -0.377 e. The van der Waals surface area contributed by atoms with Gasteiger partial charge in [0.15, 0.2) is 0 Å². The zero-order valence-corrected chi connectivity index (χ0v) is 12.7. The molecule has 5 heteroatoms. The second-order valence-corrected chi connectivity index (χ2v) is 7.07. The van der Waals surface area contributed by atoms with Crippen molar-refractivity contribution in [3.63, 3.8) is 0 Å². The van der Waals surface area contributed by atoms with Crippen molar-refractivity contribution in [1.29, 1.82) is 0 Å². The molecule has 0 aromatic rings. The van der Waals surface area contributed by atoms with E-state index in [1.165, 1.54) is 25.7 Å². The third kappa shape index (κ3) is 7.65. The number of nitrogens with zero attached hydrogens (tertiary/aromatic N) is 1. The highest BCUT2D eigenvalue weighted by molar-refractivity contribution is 6.60. The summed E-state index contributed by atoms with van der Waals surface area (Å²) >= 11 is 0. The SMILES string of the molecule is CCCCCCN=CCC[Si](OC)(OC)OC. The second kappa shape index (κ2) is 10.9. The van der Waals surface area contributed by atoms with Gasteiger partial charge in [0.05, 0.1) is 0 Å². The lowest BCUT2D eigenvalue weighted by atomic mass is 10.2. The van der Waals surface area contributed by atoms with Gasteiger partial charge in [-0.25, -0.2) is 0 Å². The predicted molar refractivity (Wildman–Crippen MR) is 73.7 cm³/mol. The van der Waals surface area contributed by atoms with Crippen LogP contribution in [0.15, 0.2) is 4.99 Å². The molecule has 0 aliphatic rings. The molecule has 0 bridgehead atoms. The van der Waals surface area contributed by atoms with Gasteiger partial charge in [0.2, 0.25) is 0 Å². The molecule has 0 unspecified atom stereocenters. The van der Waals surface area contributed by atoms with Crippen molar-refractivity contribution in [3.8, 4) is 0 Å². The van der Waals surface area contributed by atoms with Crippen LogP contribution in [0, 0.1) is 0 Å². The van der Waals surface area contributed by atoms with Gasteiger partial charge in [-0.2, -0.15) is 0 Å². The predicted octanol–water partition coefficient (Wildman–Crippen LogP) is 2.91. The van der Waals surface area contributed by atoms with Crippen LogP contribution >= 0.6 is 0 Å². The smallest absolute Gasteiger partial charge is 0.377 e. The maximum Gasteiger partial charge on any atom is 0.500 e. The van der Waals surface area contributed by atoms with Gasteiger partial charge in [-0.05, 0) is 19.1 Å². The summed E-state index contributed by atoms with van der Waals surface area (Å²) in [5.41, 5.74) is 0. The first-order chi connectivity index (χ1) is 8.24. The maximum atomic E-state index is 5.33. The fourth-order valence-corrected chi connectivity index (χ4v) is 3.20. The van der Waals surface area contributed by atoms with Gasteiger partial charge < -0.3 is 13.3 Å². The van der Waals surface area contributed by atoms with Gasteiger partial charge in [-0.15, -0.1) is 0 Å².